The summed E-state index contributed by atoms with van der Waals surface area (Å²) in [6, 6.07) is 5.20. The van der Waals surface area contributed by atoms with Gasteiger partial charge >= 0.3 is 5.97 Å². The highest BCUT2D eigenvalue weighted by molar-refractivity contribution is 5.96. The molecule has 0 radical (unpaired) electrons. The van der Waals surface area contributed by atoms with Gasteiger partial charge < -0.3 is 19.8 Å². The number of carboxylic acid groups (broad SMARTS) is 1. The molecule has 23 heavy (non-hydrogen) atoms. The summed E-state index contributed by atoms with van der Waals surface area (Å²) < 4.78 is 5.17. The topological polar surface area (TPSA) is 112 Å². The first-order chi connectivity index (χ1) is 10.9. The molecule has 0 aliphatic rings. The minimum Gasteiger partial charge on any atom is -0.480 e. The van der Waals surface area contributed by atoms with E-state index in [0.29, 0.717) is 11.5 Å². The fourth-order valence-corrected chi connectivity index (χ4v) is 2.16. The van der Waals surface area contributed by atoms with E-state index in [1.54, 1.807) is 12.1 Å². The molecule has 0 saturated carbocycles. The lowest BCUT2D eigenvalue weighted by Crippen LogP contribution is -2.43. The number of aromatic nitrogens is 1. The fraction of sp³-hybridized carbons (Fsp3) is 0.312. The van der Waals surface area contributed by atoms with E-state index >= 15 is 0 Å². The molecular formula is C16H18N2O5. The van der Waals surface area contributed by atoms with Crippen LogP contribution in [0.3, 0.4) is 0 Å². The quantitative estimate of drug-likeness (QED) is 0.752. The molecule has 0 aliphatic heterocycles. The maximum absolute atomic E-state index is 12.1. The number of carbonyl (C=O) groups is 2. The number of hydrogen-bond acceptors (Lipinski definition) is 4. The molecule has 0 bridgehead atoms. The minimum absolute atomic E-state index is 0.0935. The first-order valence-electron chi connectivity index (χ1n) is 7.19. The van der Waals surface area contributed by atoms with Crippen molar-refractivity contribution in [2.45, 2.75) is 26.3 Å². The van der Waals surface area contributed by atoms with Crippen molar-refractivity contribution < 1.29 is 19.1 Å². The third-order valence-corrected chi connectivity index (χ3v) is 3.25. The zero-order valence-electron chi connectivity index (χ0n) is 12.8. The summed E-state index contributed by atoms with van der Waals surface area (Å²) in [5.41, 5.74) is -0.311. The predicted octanol–water partition coefficient (Wildman–Crippen LogP) is 1.86. The Hall–Kier alpha value is -2.83. The van der Waals surface area contributed by atoms with Crippen LogP contribution in [0.1, 0.15) is 30.6 Å². The van der Waals surface area contributed by atoms with Crippen LogP contribution in [0.25, 0.3) is 11.5 Å². The summed E-state index contributed by atoms with van der Waals surface area (Å²) in [6.45, 7) is 3.71. The van der Waals surface area contributed by atoms with E-state index in [0.717, 1.165) is 0 Å². The monoisotopic (exact) mass is 318 g/mol. The standard InChI is InChI=1S/C16H18N2O5/c1-9(2)8-12(16(21)22)18-15(20)10-5-6-11(17-14(10)19)13-4-3-7-23-13/h3-7,9,12H,8H2,1-2H3,(H,17,19)(H,18,20)(H,21,22)/t12-/m0/s1. The second-order valence-electron chi connectivity index (χ2n) is 5.59. The third-order valence-electron chi connectivity index (χ3n) is 3.25. The molecule has 2 rings (SSSR count). The van der Waals surface area contributed by atoms with Gasteiger partial charge in [-0.15, -0.1) is 0 Å². The summed E-state index contributed by atoms with van der Waals surface area (Å²) in [6.07, 6.45) is 1.75. The van der Waals surface area contributed by atoms with E-state index in [1.807, 2.05) is 13.8 Å². The number of aromatic amines is 1. The van der Waals surface area contributed by atoms with Gasteiger partial charge in [-0.3, -0.25) is 9.59 Å². The Morgan fingerprint density at radius 3 is 2.57 bits per heavy atom. The predicted molar refractivity (Wildman–Crippen MR) is 83.1 cm³/mol. The lowest BCUT2D eigenvalue weighted by molar-refractivity contribution is -0.139. The van der Waals surface area contributed by atoms with Gasteiger partial charge in [-0.25, -0.2) is 4.79 Å². The molecule has 7 heteroatoms. The van der Waals surface area contributed by atoms with E-state index in [-0.39, 0.29) is 17.9 Å². The van der Waals surface area contributed by atoms with Crippen molar-refractivity contribution >= 4 is 11.9 Å². The second kappa shape index (κ2) is 6.95. The molecule has 0 aromatic carbocycles. The lowest BCUT2D eigenvalue weighted by Gasteiger charge is -2.16. The van der Waals surface area contributed by atoms with Gasteiger partial charge in [-0.2, -0.15) is 0 Å². The van der Waals surface area contributed by atoms with Crippen molar-refractivity contribution in [3.8, 4) is 11.5 Å². The minimum atomic E-state index is -1.13. The Kier molecular flexibility index (Phi) is 5.00. The van der Waals surface area contributed by atoms with Crippen LogP contribution in [0, 0.1) is 5.92 Å². The number of hydrogen-bond donors (Lipinski definition) is 3. The Morgan fingerprint density at radius 1 is 1.30 bits per heavy atom. The van der Waals surface area contributed by atoms with Crippen LogP contribution < -0.4 is 10.9 Å². The molecule has 0 fully saturated rings. The zero-order valence-corrected chi connectivity index (χ0v) is 12.8. The van der Waals surface area contributed by atoms with E-state index in [1.165, 1.54) is 18.4 Å². The van der Waals surface area contributed by atoms with Gasteiger partial charge in [-0.05, 0) is 36.6 Å². The van der Waals surface area contributed by atoms with Crippen molar-refractivity contribution in [1.82, 2.24) is 10.3 Å². The van der Waals surface area contributed by atoms with Gasteiger partial charge in [0.05, 0.1) is 12.0 Å². The molecule has 0 saturated heterocycles. The van der Waals surface area contributed by atoms with E-state index in [4.69, 9.17) is 9.52 Å². The number of carbonyl (C=O) groups excluding carboxylic acids is 1. The Morgan fingerprint density at radius 2 is 2.04 bits per heavy atom. The summed E-state index contributed by atoms with van der Waals surface area (Å²) in [5, 5.41) is 11.5. The molecule has 0 spiro atoms. The highest BCUT2D eigenvalue weighted by Gasteiger charge is 2.23. The highest BCUT2D eigenvalue weighted by Crippen LogP contribution is 2.15. The average molecular weight is 318 g/mol. The van der Waals surface area contributed by atoms with Gasteiger partial charge in [0.2, 0.25) is 0 Å². The van der Waals surface area contributed by atoms with Crippen LogP contribution in [-0.4, -0.2) is 28.0 Å². The first kappa shape index (κ1) is 16.5. The highest BCUT2D eigenvalue weighted by atomic mass is 16.4. The smallest absolute Gasteiger partial charge is 0.326 e. The summed E-state index contributed by atoms with van der Waals surface area (Å²) in [4.78, 5) is 37.9. The van der Waals surface area contributed by atoms with Crippen molar-refractivity contribution in [2.75, 3.05) is 0 Å². The molecule has 2 aromatic heterocycles. The second-order valence-corrected chi connectivity index (χ2v) is 5.59. The molecule has 0 aliphatic carbocycles. The molecule has 1 amide bonds. The van der Waals surface area contributed by atoms with Gasteiger partial charge in [-0.1, -0.05) is 13.8 Å². The molecule has 2 aromatic rings. The van der Waals surface area contributed by atoms with Crippen LogP contribution in [0.4, 0.5) is 0 Å². The van der Waals surface area contributed by atoms with Crippen LogP contribution in [0.15, 0.2) is 39.7 Å². The number of carboxylic acids is 1. The Labute approximate surface area is 132 Å². The summed E-state index contributed by atoms with van der Waals surface area (Å²) in [7, 11) is 0. The van der Waals surface area contributed by atoms with Gasteiger partial charge in [0, 0.05) is 0 Å². The first-order valence-corrected chi connectivity index (χ1v) is 7.19. The SMILES string of the molecule is CC(C)C[C@H](NC(=O)c1ccc(-c2ccco2)[nH]c1=O)C(=O)O. The van der Waals surface area contributed by atoms with Crippen LogP contribution in [-0.2, 0) is 4.79 Å². The number of amides is 1. The number of H-pyrrole nitrogens is 1. The van der Waals surface area contributed by atoms with Crippen molar-refractivity contribution in [3.63, 3.8) is 0 Å². The molecule has 7 nitrogen and oxygen atoms in total. The number of pyridine rings is 1. The van der Waals surface area contributed by atoms with E-state index in [2.05, 4.69) is 10.3 Å². The molecule has 122 valence electrons. The van der Waals surface area contributed by atoms with E-state index < -0.39 is 23.5 Å². The van der Waals surface area contributed by atoms with Gasteiger partial charge in [0.1, 0.15) is 17.4 Å². The molecule has 0 unspecified atom stereocenters. The van der Waals surface area contributed by atoms with Crippen molar-refractivity contribution in [1.29, 1.82) is 0 Å². The molecule has 3 N–H and O–H groups in total. The number of nitrogens with one attached hydrogen (secondary N) is 2. The van der Waals surface area contributed by atoms with E-state index in [9.17, 15) is 14.4 Å². The summed E-state index contributed by atoms with van der Waals surface area (Å²) in [5.74, 6) is -1.28. The largest absolute Gasteiger partial charge is 0.480 e. The van der Waals surface area contributed by atoms with Gasteiger partial charge in [0.15, 0.2) is 0 Å². The van der Waals surface area contributed by atoms with Crippen molar-refractivity contribution in [3.05, 3.63) is 46.4 Å². The number of furan rings is 1. The lowest BCUT2D eigenvalue weighted by atomic mass is 10.0. The molecule has 1 atom stereocenters. The number of aliphatic carboxylic acids is 1. The number of rotatable bonds is 6. The Balaban J connectivity index is 2.19. The van der Waals surface area contributed by atoms with Gasteiger partial charge in [0.25, 0.3) is 11.5 Å². The van der Waals surface area contributed by atoms with Crippen LogP contribution >= 0.6 is 0 Å². The third kappa shape index (κ3) is 4.09. The van der Waals surface area contributed by atoms with Crippen molar-refractivity contribution in [2.24, 2.45) is 5.92 Å². The average Bonchev–Trinajstić information content (AvgIpc) is 2.99. The fourth-order valence-electron chi connectivity index (χ4n) is 2.16. The maximum atomic E-state index is 12.1. The summed E-state index contributed by atoms with van der Waals surface area (Å²) >= 11 is 0. The normalized spacial score (nSPS) is 12.1. The molecular weight excluding hydrogens is 300 g/mol. The Bertz CT molecular complexity index is 746. The molecule has 2 heterocycles. The maximum Gasteiger partial charge on any atom is 0.326 e. The zero-order chi connectivity index (χ0) is 17.0. The van der Waals surface area contributed by atoms with Crippen LogP contribution in [0.2, 0.25) is 0 Å². The van der Waals surface area contributed by atoms with Crippen LogP contribution in [0.5, 0.6) is 0 Å².